The van der Waals surface area contributed by atoms with Crippen molar-refractivity contribution in [2.24, 2.45) is 23.7 Å². The zero-order valence-electron chi connectivity index (χ0n) is 40.2. The van der Waals surface area contributed by atoms with Crippen molar-refractivity contribution in [3.8, 4) is 11.1 Å². The predicted octanol–water partition coefficient (Wildman–Crippen LogP) is 5.44. The molecule has 2 fully saturated rings. The third-order valence-electron chi connectivity index (χ3n) is 13.5. The van der Waals surface area contributed by atoms with Gasteiger partial charge >= 0.3 is 11.9 Å². The lowest BCUT2D eigenvalue weighted by Gasteiger charge is -2.48. The van der Waals surface area contributed by atoms with Crippen LogP contribution in [0.15, 0.2) is 55.0 Å². The Kier molecular flexibility index (Phi) is 18.7. The number of aliphatic hydroxyl groups is 2. The van der Waals surface area contributed by atoms with Crippen molar-refractivity contribution in [2.75, 3.05) is 34.5 Å². The monoisotopic (exact) mass is 1050 g/mol. The number of cyclic esters (lactones) is 1. The fraction of sp³-hybridized carbons (Fsp3) is 0.646. The minimum absolute atomic E-state index is 0.00627. The van der Waals surface area contributed by atoms with Crippen LogP contribution in [0.25, 0.3) is 11.1 Å². The number of alkyl halides is 2. The van der Waals surface area contributed by atoms with Gasteiger partial charge in [0.2, 0.25) is 0 Å². The molecule has 1 aromatic carbocycles. The van der Waals surface area contributed by atoms with Gasteiger partial charge in [-0.2, -0.15) is 0 Å². The zero-order chi connectivity index (χ0) is 49.5. The topological polar surface area (TPSA) is 211 Å². The summed E-state index contributed by atoms with van der Waals surface area (Å²) in [5.41, 5.74) is -0.178. The van der Waals surface area contributed by atoms with E-state index in [1.165, 1.54) is 46.6 Å². The zero-order valence-corrected chi connectivity index (χ0v) is 42.4. The first-order valence-corrected chi connectivity index (χ1v) is 23.9. The van der Waals surface area contributed by atoms with Crippen molar-refractivity contribution in [3.05, 3.63) is 66.2 Å². The summed E-state index contributed by atoms with van der Waals surface area (Å²) in [5.74, 6) is -6.83. The van der Waals surface area contributed by atoms with E-state index >= 15 is 0 Å². The number of methoxy groups -OCH3 is 2. The van der Waals surface area contributed by atoms with Gasteiger partial charge in [0.1, 0.15) is 36.1 Å². The highest BCUT2D eigenvalue weighted by Crippen LogP contribution is 2.39. The number of carbonyl (C=O) groups is 4. The van der Waals surface area contributed by atoms with Crippen LogP contribution in [0.1, 0.15) is 91.6 Å². The molecule has 0 radical (unpaired) electrons. The summed E-state index contributed by atoms with van der Waals surface area (Å²) >= 11 is 1.67. The number of ketones is 2. The summed E-state index contributed by atoms with van der Waals surface area (Å²) in [6.07, 6.45) is -0.253. The first-order chi connectivity index (χ1) is 31.6. The Morgan fingerprint density at radius 1 is 1.04 bits per heavy atom. The molecule has 0 aliphatic carbocycles. The Hall–Kier alpha value is -3.83. The molecular weight excluding hydrogens is 984 g/mol. The number of halogens is 2. The number of pyridine rings is 1. The van der Waals surface area contributed by atoms with E-state index in [0.717, 1.165) is 16.7 Å². The molecule has 3 aromatic rings. The van der Waals surface area contributed by atoms with Crippen molar-refractivity contribution in [2.45, 2.75) is 139 Å². The lowest BCUT2D eigenvalue weighted by Crippen LogP contribution is -2.61. The van der Waals surface area contributed by atoms with E-state index < -0.39 is 118 Å². The summed E-state index contributed by atoms with van der Waals surface area (Å²) in [5, 5.41) is 31.2. The fourth-order valence-electron chi connectivity index (χ4n) is 9.32. The number of benzene rings is 1. The van der Waals surface area contributed by atoms with Gasteiger partial charge in [0.15, 0.2) is 22.3 Å². The molecule has 0 spiro atoms. The standard InChI is InChI=1S/C48H67FIN5O12/c1-26-22-47(7,63-11)43(29(4)39(58)30(5)44(60)67-46(50)48(8,61)42(59)28(3)38(26)57)66-45-41(65-31(6)56)36(21-27(2)64-45)54(9)20-18-35-25-55(53-52-35)37(23-49)40(62-10)33-16-14-32(15-17-33)34-13-12-19-51-24-34/h12-17,19,24-30,36-37,40-43,45-46,59,61H,18,20-23H2,1-11H3/t26-,27-,28+,29+,30-,36+,37-,40-,41-,42-,43-,45+,46+,47-,48+/m1/s1. The summed E-state index contributed by atoms with van der Waals surface area (Å²) in [6, 6.07) is 10.2. The van der Waals surface area contributed by atoms with Crippen LogP contribution in [-0.2, 0) is 54.0 Å². The number of carbonyl (C=O) groups excluding carboxylic acids is 4. The molecule has 17 nitrogen and oxygen atoms in total. The van der Waals surface area contributed by atoms with Gasteiger partial charge < -0.3 is 38.6 Å². The summed E-state index contributed by atoms with van der Waals surface area (Å²) in [7, 11) is 4.81. The van der Waals surface area contributed by atoms with Crippen LogP contribution in [0.5, 0.6) is 0 Å². The van der Waals surface area contributed by atoms with Crippen molar-refractivity contribution in [1.82, 2.24) is 24.9 Å². The van der Waals surface area contributed by atoms with Crippen LogP contribution in [0.3, 0.4) is 0 Å². The largest absolute Gasteiger partial charge is 0.455 e. The molecule has 0 bridgehead atoms. The molecule has 2 N–H and O–H groups in total. The number of esters is 2. The number of aromatic nitrogens is 4. The van der Waals surface area contributed by atoms with Gasteiger partial charge in [0.25, 0.3) is 0 Å². The van der Waals surface area contributed by atoms with E-state index in [2.05, 4.69) is 15.3 Å². The maximum Gasteiger partial charge on any atom is 0.317 e. The molecule has 370 valence electrons. The molecule has 19 heteroatoms. The highest BCUT2D eigenvalue weighted by molar-refractivity contribution is 14.1. The molecule has 2 aromatic heterocycles. The summed E-state index contributed by atoms with van der Waals surface area (Å²) < 4.78 is 51.7. The Balaban J connectivity index is 1.38. The number of likely N-dealkylation sites (N-methyl/N-ethyl adjacent to an activating group) is 1. The molecular formula is C48H67FIN5O12. The third kappa shape index (κ3) is 12.5. The van der Waals surface area contributed by atoms with Gasteiger partial charge in [-0.1, -0.05) is 56.3 Å². The van der Waals surface area contributed by atoms with Gasteiger partial charge in [0, 0.05) is 70.5 Å². The van der Waals surface area contributed by atoms with Crippen LogP contribution < -0.4 is 0 Å². The second-order valence-electron chi connectivity index (χ2n) is 18.6. The van der Waals surface area contributed by atoms with Crippen LogP contribution in [0.4, 0.5) is 4.39 Å². The van der Waals surface area contributed by atoms with E-state index in [0.29, 0.717) is 25.1 Å². The lowest BCUT2D eigenvalue weighted by atomic mass is 9.75. The van der Waals surface area contributed by atoms with Crippen LogP contribution in [0, 0.1) is 23.7 Å². The molecule has 0 amide bonds. The van der Waals surface area contributed by atoms with Gasteiger partial charge in [-0.3, -0.25) is 29.1 Å². The maximum absolute atomic E-state index is 14.8. The highest BCUT2D eigenvalue weighted by Gasteiger charge is 2.52. The van der Waals surface area contributed by atoms with Crippen LogP contribution >= 0.6 is 22.6 Å². The number of hydrogen-bond donors (Lipinski definition) is 2. The smallest absolute Gasteiger partial charge is 0.317 e. The lowest BCUT2D eigenvalue weighted by molar-refractivity contribution is -0.298. The highest BCUT2D eigenvalue weighted by atomic mass is 127. The van der Waals surface area contributed by atoms with Gasteiger partial charge in [0.05, 0.1) is 35.6 Å². The van der Waals surface area contributed by atoms with E-state index in [4.69, 9.17) is 28.4 Å². The van der Waals surface area contributed by atoms with Crippen molar-refractivity contribution >= 4 is 46.1 Å². The van der Waals surface area contributed by atoms with E-state index in [9.17, 15) is 33.8 Å². The van der Waals surface area contributed by atoms with Gasteiger partial charge in [-0.25, -0.2) is 9.07 Å². The van der Waals surface area contributed by atoms with Crippen molar-refractivity contribution < 1.29 is 62.2 Å². The molecule has 2 aliphatic heterocycles. The SMILES string of the molecule is CO[C@H](c1ccc(-c2cccnc2)cc1)[C@@H](CF)n1cc(CCN(C)[C@H]2C[C@@H](C)O[C@@H](O[C@@H]3[C@@H](C)C(=O)[C@@H](C)C(=O)O[C@H](I)[C@@](C)(O)[C@H](O)[C@@H](C)C(=O)[C@H](C)C[C@@]3(C)OC)[C@@H]2OC(C)=O)nn1. The molecule has 0 unspecified atom stereocenters. The van der Waals surface area contributed by atoms with Gasteiger partial charge in [-0.05, 0) is 92.9 Å². The quantitative estimate of drug-likeness (QED) is 0.0891. The average molecular weight is 1050 g/mol. The van der Waals surface area contributed by atoms with Crippen molar-refractivity contribution in [3.63, 3.8) is 0 Å². The Labute approximate surface area is 405 Å². The molecule has 5 rings (SSSR count). The predicted molar refractivity (Wildman–Crippen MR) is 251 cm³/mol. The molecule has 2 aliphatic rings. The Bertz CT molecular complexity index is 2130. The van der Waals surface area contributed by atoms with E-state index in [1.54, 1.807) is 62.0 Å². The summed E-state index contributed by atoms with van der Waals surface area (Å²) in [6.45, 7) is 11.8. The minimum Gasteiger partial charge on any atom is -0.455 e. The molecule has 0 saturated carbocycles. The molecule has 2 saturated heterocycles. The number of nitrogens with zero attached hydrogens (tertiary/aromatic N) is 5. The number of ether oxygens (including phenoxy) is 6. The second-order valence-corrected chi connectivity index (χ2v) is 19.7. The Morgan fingerprint density at radius 3 is 2.33 bits per heavy atom. The minimum atomic E-state index is -2.04. The molecule has 15 atom stereocenters. The van der Waals surface area contributed by atoms with Crippen LogP contribution in [0.2, 0.25) is 0 Å². The first-order valence-electron chi connectivity index (χ1n) is 22.6. The van der Waals surface area contributed by atoms with Crippen molar-refractivity contribution in [1.29, 1.82) is 0 Å². The average Bonchev–Trinajstić information content (AvgIpc) is 3.79. The Morgan fingerprint density at radius 2 is 1.73 bits per heavy atom. The van der Waals surface area contributed by atoms with E-state index in [1.807, 2.05) is 55.3 Å². The number of Topliss-reactive ketones (excluding diaryl/α,β-unsaturated/α-hetero) is 2. The number of rotatable bonds is 14. The summed E-state index contributed by atoms with van der Waals surface area (Å²) in [4.78, 5) is 60.7. The fourth-order valence-corrected chi connectivity index (χ4v) is 9.94. The third-order valence-corrected chi connectivity index (χ3v) is 15.0. The number of aliphatic hydroxyl groups excluding tert-OH is 1. The maximum atomic E-state index is 14.8. The normalized spacial score (nSPS) is 33.4. The van der Waals surface area contributed by atoms with Gasteiger partial charge in [-0.15, -0.1) is 5.10 Å². The number of hydrogen-bond acceptors (Lipinski definition) is 16. The second kappa shape index (κ2) is 23.2. The molecule has 4 heterocycles. The first kappa shape index (κ1) is 54.1. The van der Waals surface area contributed by atoms with E-state index in [-0.39, 0.29) is 6.42 Å². The van der Waals surface area contributed by atoms with Crippen LogP contribution in [-0.4, -0.2) is 145 Å². The molecule has 67 heavy (non-hydrogen) atoms.